The first-order valence-electron chi connectivity index (χ1n) is 13.0. The Morgan fingerprint density at radius 2 is 0.917 bits per heavy atom. The average molecular weight is 497 g/mol. The van der Waals surface area contributed by atoms with Crippen molar-refractivity contribution in [2.24, 2.45) is 0 Å². The Hall–Kier alpha value is -3.02. The van der Waals surface area contributed by atoms with E-state index in [1.54, 1.807) is 12.1 Å². The van der Waals surface area contributed by atoms with Gasteiger partial charge in [0.1, 0.15) is 0 Å². The second kappa shape index (κ2) is 11.8. The van der Waals surface area contributed by atoms with Crippen molar-refractivity contribution < 1.29 is 19.8 Å². The van der Waals surface area contributed by atoms with Gasteiger partial charge < -0.3 is 21.7 Å². The largest absolute Gasteiger partial charge is 0.478 e. The molecule has 198 valence electrons. The number of nitrogens with two attached hydrogens (primary N) is 2. The number of aromatic carboxylic acids is 2. The van der Waals surface area contributed by atoms with Crippen LogP contribution in [0.1, 0.15) is 123 Å². The van der Waals surface area contributed by atoms with E-state index in [4.69, 9.17) is 11.5 Å². The van der Waals surface area contributed by atoms with E-state index in [1.807, 2.05) is 12.1 Å². The molecule has 0 unspecified atom stereocenters. The van der Waals surface area contributed by atoms with Crippen LogP contribution < -0.4 is 11.5 Å². The van der Waals surface area contributed by atoms with Crippen LogP contribution in [-0.4, -0.2) is 22.2 Å². The summed E-state index contributed by atoms with van der Waals surface area (Å²) < 4.78 is 0. The van der Waals surface area contributed by atoms with Gasteiger partial charge in [-0.3, -0.25) is 0 Å². The molecule has 36 heavy (non-hydrogen) atoms. The molecule has 0 atom stereocenters. The molecule has 2 aromatic carbocycles. The molecule has 0 fully saturated rings. The van der Waals surface area contributed by atoms with Gasteiger partial charge in [-0.05, 0) is 70.9 Å². The molecule has 0 aliphatic heterocycles. The molecule has 6 N–H and O–H groups in total. The maximum atomic E-state index is 11.7. The fraction of sp³-hybridized carbons (Fsp3) is 0.533. The molecule has 6 heteroatoms. The van der Waals surface area contributed by atoms with E-state index in [-0.39, 0.29) is 10.8 Å². The van der Waals surface area contributed by atoms with Gasteiger partial charge in [0.25, 0.3) is 0 Å². The number of hydrogen-bond acceptors (Lipinski definition) is 4. The van der Waals surface area contributed by atoms with Gasteiger partial charge in [-0.1, -0.05) is 79.4 Å². The van der Waals surface area contributed by atoms with Crippen LogP contribution in [0.4, 0.5) is 11.4 Å². The average Bonchev–Trinajstić information content (AvgIpc) is 2.74. The van der Waals surface area contributed by atoms with Crippen molar-refractivity contribution in [3.05, 3.63) is 57.6 Å². The predicted octanol–water partition coefficient (Wildman–Crippen LogP) is 6.97. The Kier molecular flexibility index (Phi) is 9.58. The Balaban J connectivity index is 1.91. The number of hydrogen-bond donors (Lipinski definition) is 4. The third-order valence-corrected chi connectivity index (χ3v) is 6.89. The van der Waals surface area contributed by atoms with Crippen LogP contribution in [-0.2, 0) is 23.7 Å². The molecule has 0 radical (unpaired) electrons. The maximum Gasteiger partial charge on any atom is 0.336 e. The van der Waals surface area contributed by atoms with E-state index in [2.05, 4.69) is 41.5 Å². The summed E-state index contributed by atoms with van der Waals surface area (Å²) in [5.41, 5.74) is 17.8. The lowest BCUT2D eigenvalue weighted by Gasteiger charge is -2.24. The SMILES string of the molecule is CC(C)(C)c1ccc(C(=O)O)c(CCCCCCCCc2c(C(=O)O)ccc(C(C)(C)C)c2N)c1N. The molecule has 0 aromatic heterocycles. The van der Waals surface area contributed by atoms with E-state index in [1.165, 1.54) is 0 Å². The zero-order chi connectivity index (χ0) is 27.3. The molecular weight excluding hydrogens is 452 g/mol. The minimum atomic E-state index is -0.937. The van der Waals surface area contributed by atoms with Crippen LogP contribution in [0.25, 0.3) is 0 Å². The predicted molar refractivity (Wildman–Crippen MR) is 148 cm³/mol. The van der Waals surface area contributed by atoms with E-state index in [0.29, 0.717) is 35.3 Å². The standard InChI is InChI=1S/C30H44N2O4/c1-29(2,3)23-17-15-21(27(33)34)19(25(23)31)13-11-9-7-8-10-12-14-20-22(28(35)36)16-18-24(26(20)32)30(4,5)6/h15-18H,7-14,31-32H2,1-6H3,(H,33,34)(H,35,36). The second-order valence-electron chi connectivity index (χ2n) is 11.8. The second-order valence-corrected chi connectivity index (χ2v) is 11.8. The number of carbonyl (C=O) groups is 2. The number of anilines is 2. The fourth-order valence-corrected chi connectivity index (χ4v) is 4.89. The van der Waals surface area contributed by atoms with Gasteiger partial charge >= 0.3 is 11.9 Å². The Bertz CT molecular complexity index is 1000. The topological polar surface area (TPSA) is 127 Å². The summed E-state index contributed by atoms with van der Waals surface area (Å²) in [5, 5.41) is 19.2. The number of unbranched alkanes of at least 4 members (excludes halogenated alkanes) is 5. The third kappa shape index (κ3) is 7.25. The molecule has 0 bridgehead atoms. The van der Waals surface area contributed by atoms with Crippen molar-refractivity contribution in [1.29, 1.82) is 0 Å². The first kappa shape index (κ1) is 29.2. The molecular formula is C30H44N2O4. The van der Waals surface area contributed by atoms with Crippen LogP contribution in [0.2, 0.25) is 0 Å². The number of rotatable bonds is 11. The van der Waals surface area contributed by atoms with E-state index in [0.717, 1.165) is 60.8 Å². The quantitative estimate of drug-likeness (QED) is 0.196. The highest BCUT2D eigenvalue weighted by molar-refractivity contribution is 5.92. The highest BCUT2D eigenvalue weighted by Crippen LogP contribution is 2.34. The Morgan fingerprint density at radius 1 is 0.611 bits per heavy atom. The van der Waals surface area contributed by atoms with Gasteiger partial charge in [-0.2, -0.15) is 0 Å². The van der Waals surface area contributed by atoms with Crippen molar-refractivity contribution in [3.8, 4) is 0 Å². The normalized spacial score (nSPS) is 12.1. The summed E-state index contributed by atoms with van der Waals surface area (Å²) >= 11 is 0. The van der Waals surface area contributed by atoms with Crippen LogP contribution >= 0.6 is 0 Å². The van der Waals surface area contributed by atoms with Crippen LogP contribution in [0.15, 0.2) is 24.3 Å². The van der Waals surface area contributed by atoms with E-state index < -0.39 is 11.9 Å². The number of nitrogen functional groups attached to an aromatic ring is 2. The molecule has 2 rings (SSSR count). The summed E-state index contributed by atoms with van der Waals surface area (Å²) in [7, 11) is 0. The lowest BCUT2D eigenvalue weighted by atomic mass is 9.82. The molecule has 0 spiro atoms. The van der Waals surface area contributed by atoms with E-state index >= 15 is 0 Å². The summed E-state index contributed by atoms with van der Waals surface area (Å²) in [6, 6.07) is 7.03. The summed E-state index contributed by atoms with van der Waals surface area (Å²) in [6.07, 6.45) is 7.09. The lowest BCUT2D eigenvalue weighted by Crippen LogP contribution is -2.17. The van der Waals surface area contributed by atoms with Gasteiger partial charge in [-0.25, -0.2) is 9.59 Å². The van der Waals surface area contributed by atoms with Gasteiger partial charge in [0.15, 0.2) is 0 Å². The van der Waals surface area contributed by atoms with Crippen molar-refractivity contribution >= 4 is 23.3 Å². The van der Waals surface area contributed by atoms with Crippen molar-refractivity contribution in [3.63, 3.8) is 0 Å². The minimum Gasteiger partial charge on any atom is -0.478 e. The number of carboxylic acid groups (broad SMARTS) is 2. The summed E-state index contributed by atoms with van der Waals surface area (Å²) in [5.74, 6) is -1.87. The van der Waals surface area contributed by atoms with Crippen molar-refractivity contribution in [1.82, 2.24) is 0 Å². The smallest absolute Gasteiger partial charge is 0.336 e. The Morgan fingerprint density at radius 3 is 1.19 bits per heavy atom. The van der Waals surface area contributed by atoms with Crippen molar-refractivity contribution in [2.45, 2.75) is 104 Å². The van der Waals surface area contributed by atoms with Crippen molar-refractivity contribution in [2.75, 3.05) is 11.5 Å². The molecule has 0 saturated carbocycles. The fourth-order valence-electron chi connectivity index (χ4n) is 4.89. The number of benzene rings is 2. The molecule has 0 aliphatic carbocycles. The van der Waals surface area contributed by atoms with Gasteiger partial charge in [-0.15, -0.1) is 0 Å². The first-order valence-corrected chi connectivity index (χ1v) is 13.0. The maximum absolute atomic E-state index is 11.7. The Labute approximate surface area is 216 Å². The van der Waals surface area contributed by atoms with Gasteiger partial charge in [0.2, 0.25) is 0 Å². The summed E-state index contributed by atoms with van der Waals surface area (Å²) in [4.78, 5) is 23.4. The highest BCUT2D eigenvalue weighted by atomic mass is 16.4. The number of carboxylic acids is 2. The van der Waals surface area contributed by atoms with Crippen LogP contribution in [0.5, 0.6) is 0 Å². The molecule has 6 nitrogen and oxygen atoms in total. The third-order valence-electron chi connectivity index (χ3n) is 6.89. The lowest BCUT2D eigenvalue weighted by molar-refractivity contribution is 0.0684. The zero-order valence-electron chi connectivity index (χ0n) is 22.8. The first-order chi connectivity index (χ1) is 16.7. The van der Waals surface area contributed by atoms with E-state index in [9.17, 15) is 19.8 Å². The molecule has 0 amide bonds. The highest BCUT2D eigenvalue weighted by Gasteiger charge is 2.23. The molecule has 0 aliphatic rings. The van der Waals surface area contributed by atoms with Crippen LogP contribution in [0.3, 0.4) is 0 Å². The zero-order valence-corrected chi connectivity index (χ0v) is 22.8. The molecule has 0 heterocycles. The van der Waals surface area contributed by atoms with Crippen LogP contribution in [0, 0.1) is 0 Å². The molecule has 0 saturated heterocycles. The van der Waals surface area contributed by atoms with Gasteiger partial charge in [0, 0.05) is 11.4 Å². The minimum absolute atomic E-state index is 0.147. The summed E-state index contributed by atoms with van der Waals surface area (Å²) in [6.45, 7) is 12.5. The monoisotopic (exact) mass is 496 g/mol. The van der Waals surface area contributed by atoms with Gasteiger partial charge in [0.05, 0.1) is 11.1 Å². The molecule has 2 aromatic rings.